The van der Waals surface area contributed by atoms with E-state index in [1.54, 1.807) is 11.8 Å². The summed E-state index contributed by atoms with van der Waals surface area (Å²) in [6.45, 7) is 8.65. The number of thioether (sulfide) groups is 1. The van der Waals surface area contributed by atoms with Crippen LogP contribution < -0.4 is 10.6 Å². The van der Waals surface area contributed by atoms with Gasteiger partial charge in [-0.05, 0) is 0 Å². The first-order valence-electron chi connectivity index (χ1n) is 4.96. The quantitative estimate of drug-likeness (QED) is 0.688. The molecule has 15 heavy (non-hydrogen) atoms. The van der Waals surface area contributed by atoms with Crippen LogP contribution in [0.5, 0.6) is 0 Å². The van der Waals surface area contributed by atoms with Crippen molar-refractivity contribution in [3.05, 3.63) is 0 Å². The summed E-state index contributed by atoms with van der Waals surface area (Å²) in [5.41, 5.74) is 0. The molecule has 0 spiro atoms. The van der Waals surface area contributed by atoms with Crippen molar-refractivity contribution in [2.45, 2.75) is 32.4 Å². The molecule has 2 amide bonds. The van der Waals surface area contributed by atoms with Crippen LogP contribution in [0.1, 0.15) is 27.7 Å². The van der Waals surface area contributed by atoms with Crippen LogP contribution in [-0.2, 0) is 9.59 Å². The number of hydrogen-bond acceptors (Lipinski definition) is 3. The summed E-state index contributed by atoms with van der Waals surface area (Å²) in [6.07, 6.45) is 0. The van der Waals surface area contributed by atoms with Gasteiger partial charge in [-0.2, -0.15) is 0 Å². The number of amides is 2. The molecule has 4 nitrogen and oxygen atoms in total. The van der Waals surface area contributed by atoms with E-state index in [0.29, 0.717) is 18.8 Å². The molecule has 0 fully saturated rings. The van der Waals surface area contributed by atoms with Crippen molar-refractivity contribution < 1.29 is 9.59 Å². The zero-order valence-electron chi connectivity index (χ0n) is 9.85. The summed E-state index contributed by atoms with van der Waals surface area (Å²) < 4.78 is 0.106. The van der Waals surface area contributed by atoms with Crippen molar-refractivity contribution >= 4 is 23.6 Å². The van der Waals surface area contributed by atoms with Crippen molar-refractivity contribution in [3.63, 3.8) is 0 Å². The molecule has 0 heterocycles. The van der Waals surface area contributed by atoms with E-state index in [1.807, 2.05) is 0 Å². The molecule has 0 radical (unpaired) electrons. The first kappa shape index (κ1) is 14.3. The number of carbonyl (C=O) groups excluding carboxylic acids is 2. The van der Waals surface area contributed by atoms with E-state index in [1.165, 1.54) is 6.92 Å². The molecule has 0 rings (SSSR count). The highest BCUT2D eigenvalue weighted by atomic mass is 32.2. The summed E-state index contributed by atoms with van der Waals surface area (Å²) in [6, 6.07) is 0. The van der Waals surface area contributed by atoms with Crippen molar-refractivity contribution in [2.24, 2.45) is 0 Å². The van der Waals surface area contributed by atoms with Gasteiger partial charge < -0.3 is 10.6 Å². The van der Waals surface area contributed by atoms with Gasteiger partial charge in [0.05, 0.1) is 5.75 Å². The summed E-state index contributed by atoms with van der Waals surface area (Å²) in [5, 5.41) is 5.35. The molecule has 0 aromatic heterocycles. The third-order valence-corrected chi connectivity index (χ3v) is 2.73. The predicted molar refractivity (Wildman–Crippen MR) is 63.9 cm³/mol. The minimum atomic E-state index is -0.0756. The van der Waals surface area contributed by atoms with Gasteiger partial charge in [0, 0.05) is 24.8 Å². The maximum Gasteiger partial charge on any atom is 0.230 e. The Hall–Kier alpha value is -0.710. The van der Waals surface area contributed by atoms with Crippen LogP contribution in [0.3, 0.4) is 0 Å². The third kappa shape index (κ3) is 11.2. The lowest BCUT2D eigenvalue weighted by Crippen LogP contribution is -2.35. The summed E-state index contributed by atoms with van der Waals surface area (Å²) in [5.74, 6) is 0.400. The van der Waals surface area contributed by atoms with Crippen molar-refractivity contribution in [1.29, 1.82) is 0 Å². The SMILES string of the molecule is CC(=O)NCCNC(=O)CSC(C)(C)C. The average molecular weight is 232 g/mol. The van der Waals surface area contributed by atoms with E-state index in [4.69, 9.17) is 0 Å². The standard InChI is InChI=1S/C10H20N2O2S/c1-8(13)11-5-6-12-9(14)7-15-10(2,3)4/h5-7H2,1-4H3,(H,11,13)(H,12,14). The van der Waals surface area contributed by atoms with Crippen LogP contribution in [-0.4, -0.2) is 35.4 Å². The Balaban J connectivity index is 3.46. The Morgan fingerprint density at radius 2 is 1.67 bits per heavy atom. The normalized spacial score (nSPS) is 10.9. The van der Waals surface area contributed by atoms with Gasteiger partial charge in [0.2, 0.25) is 11.8 Å². The molecule has 88 valence electrons. The second kappa shape index (κ2) is 6.71. The summed E-state index contributed by atoms with van der Waals surface area (Å²) in [7, 11) is 0. The highest BCUT2D eigenvalue weighted by molar-refractivity contribution is 8.01. The zero-order valence-corrected chi connectivity index (χ0v) is 10.7. The molecule has 0 aromatic rings. The van der Waals surface area contributed by atoms with Gasteiger partial charge in [-0.15, -0.1) is 11.8 Å². The van der Waals surface area contributed by atoms with Gasteiger partial charge in [0.15, 0.2) is 0 Å². The van der Waals surface area contributed by atoms with Gasteiger partial charge in [-0.25, -0.2) is 0 Å². The maximum atomic E-state index is 11.3. The molecule has 0 aromatic carbocycles. The fourth-order valence-corrected chi connectivity index (χ4v) is 1.44. The molecule has 0 saturated carbocycles. The fraction of sp³-hybridized carbons (Fsp3) is 0.800. The largest absolute Gasteiger partial charge is 0.355 e. The van der Waals surface area contributed by atoms with Crippen molar-refractivity contribution in [1.82, 2.24) is 10.6 Å². The molecule has 0 aliphatic carbocycles. The van der Waals surface area contributed by atoms with E-state index in [0.717, 1.165) is 0 Å². The number of carbonyl (C=O) groups is 2. The Labute approximate surface area is 95.6 Å². The number of nitrogens with one attached hydrogen (secondary N) is 2. The van der Waals surface area contributed by atoms with Gasteiger partial charge >= 0.3 is 0 Å². The van der Waals surface area contributed by atoms with E-state index < -0.39 is 0 Å². The van der Waals surface area contributed by atoms with Crippen molar-refractivity contribution in [3.8, 4) is 0 Å². The first-order valence-corrected chi connectivity index (χ1v) is 5.95. The lowest BCUT2D eigenvalue weighted by Gasteiger charge is -2.16. The lowest BCUT2D eigenvalue weighted by molar-refractivity contribution is -0.120. The van der Waals surface area contributed by atoms with Crippen LogP contribution >= 0.6 is 11.8 Å². The molecule has 0 atom stereocenters. The molecule has 2 N–H and O–H groups in total. The van der Waals surface area contributed by atoms with Gasteiger partial charge in [-0.3, -0.25) is 9.59 Å². The monoisotopic (exact) mass is 232 g/mol. The maximum absolute atomic E-state index is 11.3. The molecular weight excluding hydrogens is 212 g/mol. The Kier molecular flexibility index (Phi) is 6.40. The van der Waals surface area contributed by atoms with E-state index >= 15 is 0 Å². The van der Waals surface area contributed by atoms with Crippen LogP contribution in [0.4, 0.5) is 0 Å². The van der Waals surface area contributed by atoms with Gasteiger partial charge in [0.25, 0.3) is 0 Å². The molecular formula is C10H20N2O2S. The number of rotatable bonds is 5. The second-order valence-corrected chi connectivity index (χ2v) is 6.04. The topological polar surface area (TPSA) is 58.2 Å². The lowest BCUT2D eigenvalue weighted by atomic mass is 10.3. The fourth-order valence-electron chi connectivity index (χ4n) is 0.774. The second-order valence-electron chi connectivity index (χ2n) is 4.23. The Bertz CT molecular complexity index is 224. The molecule has 0 bridgehead atoms. The molecule has 5 heteroatoms. The first-order chi connectivity index (χ1) is 6.81. The Morgan fingerprint density at radius 3 is 2.13 bits per heavy atom. The number of hydrogen-bond donors (Lipinski definition) is 2. The van der Waals surface area contributed by atoms with Gasteiger partial charge in [-0.1, -0.05) is 20.8 Å². The van der Waals surface area contributed by atoms with Crippen LogP contribution in [0.2, 0.25) is 0 Å². The zero-order chi connectivity index (χ0) is 11.9. The highest BCUT2D eigenvalue weighted by Gasteiger charge is 2.12. The van der Waals surface area contributed by atoms with Crippen molar-refractivity contribution in [2.75, 3.05) is 18.8 Å². The van der Waals surface area contributed by atoms with E-state index in [9.17, 15) is 9.59 Å². The van der Waals surface area contributed by atoms with Crippen LogP contribution in [0.15, 0.2) is 0 Å². The molecule has 0 saturated heterocycles. The summed E-state index contributed by atoms with van der Waals surface area (Å²) >= 11 is 1.61. The smallest absolute Gasteiger partial charge is 0.230 e. The minimum Gasteiger partial charge on any atom is -0.355 e. The van der Waals surface area contributed by atoms with Gasteiger partial charge in [0.1, 0.15) is 0 Å². The van der Waals surface area contributed by atoms with E-state index in [2.05, 4.69) is 31.4 Å². The van der Waals surface area contributed by atoms with Crippen LogP contribution in [0, 0.1) is 0 Å². The highest BCUT2D eigenvalue weighted by Crippen LogP contribution is 2.22. The Morgan fingerprint density at radius 1 is 1.13 bits per heavy atom. The summed E-state index contributed by atoms with van der Waals surface area (Å²) in [4.78, 5) is 21.8. The average Bonchev–Trinajstić information content (AvgIpc) is 2.07. The predicted octanol–water partition coefficient (Wildman–Crippen LogP) is 0.770. The molecule has 0 aliphatic rings. The van der Waals surface area contributed by atoms with Crippen LogP contribution in [0.25, 0.3) is 0 Å². The molecule has 0 aliphatic heterocycles. The molecule has 0 unspecified atom stereocenters. The van der Waals surface area contributed by atoms with E-state index in [-0.39, 0.29) is 16.6 Å². The minimum absolute atomic E-state index is 0.0141. The third-order valence-electron chi connectivity index (χ3n) is 1.46.